The molecular weight excluding hydrogens is 268 g/mol. The third-order valence-electron chi connectivity index (χ3n) is 2.84. The number of hydrogen-bond acceptors (Lipinski definition) is 4. The Morgan fingerprint density at radius 2 is 1.95 bits per heavy atom. The van der Waals surface area contributed by atoms with Gasteiger partial charge in [-0.05, 0) is 16.8 Å². The van der Waals surface area contributed by atoms with E-state index in [1.165, 1.54) is 0 Å². The van der Waals surface area contributed by atoms with Gasteiger partial charge in [-0.15, -0.1) is 5.10 Å². The van der Waals surface area contributed by atoms with Crippen molar-refractivity contribution in [2.24, 2.45) is 21.7 Å². The van der Waals surface area contributed by atoms with Crippen LogP contribution in [-0.2, 0) is 4.74 Å². The zero-order chi connectivity index (χ0) is 15.1. The van der Waals surface area contributed by atoms with Gasteiger partial charge in [0.25, 0.3) is 0 Å². The molecule has 0 saturated heterocycles. The second-order valence-corrected chi connectivity index (χ2v) is 4.31. The van der Waals surface area contributed by atoms with Crippen molar-refractivity contribution in [1.82, 2.24) is 0 Å². The average molecular weight is 286 g/mol. The molecule has 2 rings (SSSR count). The Kier molecular flexibility index (Phi) is 5.11. The van der Waals surface area contributed by atoms with Crippen molar-refractivity contribution in [2.75, 3.05) is 20.3 Å². The first-order chi connectivity index (χ1) is 10.2. The van der Waals surface area contributed by atoms with Crippen molar-refractivity contribution in [2.45, 2.75) is 0 Å². The van der Waals surface area contributed by atoms with Gasteiger partial charge >= 0.3 is 0 Å². The number of nitrogens with zero attached hydrogens (tertiary/aromatic N) is 2. The molecule has 2 aromatic rings. The molecule has 6 nitrogen and oxygen atoms in total. The first-order valence-electron chi connectivity index (χ1n) is 6.48. The quantitative estimate of drug-likeness (QED) is 0.364. The van der Waals surface area contributed by atoms with Gasteiger partial charge in [-0.3, -0.25) is 0 Å². The van der Waals surface area contributed by atoms with Crippen LogP contribution in [0.25, 0.3) is 10.8 Å². The topological polar surface area (TPSA) is 95.2 Å². The summed E-state index contributed by atoms with van der Waals surface area (Å²) in [5, 5.41) is 9.61. The van der Waals surface area contributed by atoms with Crippen LogP contribution in [0.3, 0.4) is 0 Å². The predicted octanol–water partition coefficient (Wildman–Crippen LogP) is 1.47. The van der Waals surface area contributed by atoms with Crippen LogP contribution in [-0.4, -0.2) is 32.5 Å². The van der Waals surface area contributed by atoms with Gasteiger partial charge < -0.3 is 20.9 Å². The summed E-state index contributed by atoms with van der Waals surface area (Å²) in [5.74, 6) is 0.619. The van der Waals surface area contributed by atoms with Gasteiger partial charge in [0.15, 0.2) is 0 Å². The minimum absolute atomic E-state index is 0.0895. The van der Waals surface area contributed by atoms with E-state index in [0.29, 0.717) is 19.0 Å². The van der Waals surface area contributed by atoms with E-state index in [1.54, 1.807) is 13.3 Å². The zero-order valence-corrected chi connectivity index (χ0v) is 11.8. The molecule has 4 N–H and O–H groups in total. The fourth-order valence-corrected chi connectivity index (χ4v) is 1.92. The fraction of sp³-hybridized carbons (Fsp3) is 0.200. The van der Waals surface area contributed by atoms with Crippen molar-refractivity contribution < 1.29 is 9.47 Å². The maximum atomic E-state index is 5.72. The van der Waals surface area contributed by atoms with E-state index in [2.05, 4.69) is 10.2 Å². The lowest BCUT2D eigenvalue weighted by atomic mass is 10.0. The molecule has 6 heteroatoms. The molecule has 0 aromatic heterocycles. The Morgan fingerprint density at radius 3 is 2.71 bits per heavy atom. The molecule has 0 bridgehead atoms. The minimum atomic E-state index is -0.0895. The predicted molar refractivity (Wildman–Crippen MR) is 84.7 cm³/mol. The standard InChI is InChI=1S/C15H18N4O2/c1-20-8-9-21-14-7-6-11-4-2-3-5-12(11)13(14)10-18-19-15(16)17/h2-7,10H,8-9H2,1H3,(H4,16,17,19). The van der Waals surface area contributed by atoms with Crippen molar-refractivity contribution in [3.05, 3.63) is 42.0 Å². The van der Waals surface area contributed by atoms with Crippen LogP contribution < -0.4 is 16.2 Å². The number of nitrogens with two attached hydrogens (primary N) is 2. The van der Waals surface area contributed by atoms with E-state index in [0.717, 1.165) is 16.3 Å². The summed E-state index contributed by atoms with van der Waals surface area (Å²) in [7, 11) is 1.63. The summed E-state index contributed by atoms with van der Waals surface area (Å²) >= 11 is 0. The smallest absolute Gasteiger partial charge is 0.211 e. The van der Waals surface area contributed by atoms with Crippen LogP contribution in [0.2, 0.25) is 0 Å². The summed E-state index contributed by atoms with van der Waals surface area (Å²) < 4.78 is 10.7. The van der Waals surface area contributed by atoms with Crippen LogP contribution in [0.4, 0.5) is 0 Å². The van der Waals surface area contributed by atoms with Gasteiger partial charge in [0, 0.05) is 12.7 Å². The molecule has 0 aliphatic heterocycles. The second-order valence-electron chi connectivity index (χ2n) is 4.31. The highest BCUT2D eigenvalue weighted by atomic mass is 16.5. The molecule has 0 spiro atoms. The Balaban J connectivity index is 2.41. The highest BCUT2D eigenvalue weighted by Gasteiger charge is 2.07. The lowest BCUT2D eigenvalue weighted by Crippen LogP contribution is -2.21. The fourth-order valence-electron chi connectivity index (χ4n) is 1.92. The molecule has 2 aromatic carbocycles. The number of ether oxygens (including phenoxy) is 2. The summed E-state index contributed by atoms with van der Waals surface area (Å²) in [6.07, 6.45) is 1.59. The Labute approximate surface area is 123 Å². The van der Waals surface area contributed by atoms with Crippen LogP contribution in [0, 0.1) is 0 Å². The normalized spacial score (nSPS) is 10.9. The van der Waals surface area contributed by atoms with Crippen molar-refractivity contribution in [3.63, 3.8) is 0 Å². The number of guanidine groups is 1. The van der Waals surface area contributed by atoms with E-state index in [4.69, 9.17) is 20.9 Å². The summed E-state index contributed by atoms with van der Waals surface area (Å²) in [4.78, 5) is 0. The van der Waals surface area contributed by atoms with Gasteiger partial charge in [0.05, 0.1) is 12.8 Å². The second kappa shape index (κ2) is 7.25. The summed E-state index contributed by atoms with van der Waals surface area (Å²) in [6.45, 7) is 0.968. The molecule has 0 amide bonds. The van der Waals surface area contributed by atoms with E-state index in [9.17, 15) is 0 Å². The van der Waals surface area contributed by atoms with Gasteiger partial charge in [-0.2, -0.15) is 5.10 Å². The Morgan fingerprint density at radius 1 is 1.14 bits per heavy atom. The zero-order valence-electron chi connectivity index (χ0n) is 11.8. The largest absolute Gasteiger partial charge is 0.490 e. The van der Waals surface area contributed by atoms with Crippen molar-refractivity contribution >= 4 is 22.9 Å². The van der Waals surface area contributed by atoms with E-state index in [1.807, 2.05) is 36.4 Å². The van der Waals surface area contributed by atoms with Crippen molar-refractivity contribution in [3.8, 4) is 5.75 Å². The molecule has 0 unspecified atom stereocenters. The monoisotopic (exact) mass is 286 g/mol. The van der Waals surface area contributed by atoms with Crippen LogP contribution in [0.5, 0.6) is 5.75 Å². The lowest BCUT2D eigenvalue weighted by molar-refractivity contribution is 0.146. The third-order valence-corrected chi connectivity index (χ3v) is 2.84. The maximum Gasteiger partial charge on any atom is 0.211 e. The molecule has 21 heavy (non-hydrogen) atoms. The number of fused-ring (bicyclic) bond motifs is 1. The molecule has 0 radical (unpaired) electrons. The van der Waals surface area contributed by atoms with Crippen LogP contribution >= 0.6 is 0 Å². The van der Waals surface area contributed by atoms with E-state index < -0.39 is 0 Å². The van der Waals surface area contributed by atoms with Crippen molar-refractivity contribution in [1.29, 1.82) is 0 Å². The summed E-state index contributed by atoms with van der Waals surface area (Å²) in [6, 6.07) is 11.8. The SMILES string of the molecule is COCCOc1ccc2ccccc2c1C=NN=C(N)N. The van der Waals surface area contributed by atoms with Gasteiger partial charge in [0.1, 0.15) is 12.4 Å². The lowest BCUT2D eigenvalue weighted by Gasteiger charge is -2.11. The van der Waals surface area contributed by atoms with Gasteiger partial charge in [-0.1, -0.05) is 30.3 Å². The molecule has 0 aliphatic rings. The molecule has 0 fully saturated rings. The molecule has 110 valence electrons. The molecule has 0 atom stereocenters. The molecule has 0 saturated carbocycles. The average Bonchev–Trinajstić information content (AvgIpc) is 2.48. The maximum absolute atomic E-state index is 5.72. The Bertz CT molecular complexity index is 664. The third kappa shape index (κ3) is 3.93. The van der Waals surface area contributed by atoms with E-state index >= 15 is 0 Å². The molecule has 0 aliphatic carbocycles. The summed E-state index contributed by atoms with van der Waals surface area (Å²) in [5.41, 5.74) is 11.4. The molecular formula is C15H18N4O2. The number of rotatable bonds is 6. The Hall–Kier alpha value is -2.60. The highest BCUT2D eigenvalue weighted by Crippen LogP contribution is 2.26. The van der Waals surface area contributed by atoms with Gasteiger partial charge in [-0.25, -0.2) is 0 Å². The highest BCUT2D eigenvalue weighted by molar-refractivity contribution is 6.02. The number of hydrogen-bond donors (Lipinski definition) is 2. The number of methoxy groups -OCH3 is 1. The molecule has 0 heterocycles. The minimum Gasteiger partial charge on any atom is -0.490 e. The number of benzene rings is 2. The first-order valence-corrected chi connectivity index (χ1v) is 6.48. The first kappa shape index (κ1) is 14.8. The van der Waals surface area contributed by atoms with Crippen LogP contribution in [0.15, 0.2) is 46.6 Å². The van der Waals surface area contributed by atoms with E-state index in [-0.39, 0.29) is 5.96 Å². The van der Waals surface area contributed by atoms with Crippen LogP contribution in [0.1, 0.15) is 5.56 Å². The van der Waals surface area contributed by atoms with Gasteiger partial charge in [0.2, 0.25) is 5.96 Å².